The molecule has 0 aliphatic carbocycles. The van der Waals surface area contributed by atoms with Crippen molar-refractivity contribution < 1.29 is 18.7 Å². The van der Waals surface area contributed by atoms with Crippen molar-refractivity contribution in [3.05, 3.63) is 114 Å². The van der Waals surface area contributed by atoms with Crippen molar-refractivity contribution in [2.24, 2.45) is 0 Å². The van der Waals surface area contributed by atoms with Gasteiger partial charge in [0.15, 0.2) is 11.0 Å². The molecule has 0 saturated carbocycles. The summed E-state index contributed by atoms with van der Waals surface area (Å²) in [5.74, 6) is 2.48. The van der Waals surface area contributed by atoms with Crippen LogP contribution < -0.4 is 14.4 Å². The number of anilines is 1. The fraction of sp³-hybridized carbons (Fsp3) is 0.206. The second kappa shape index (κ2) is 13.2. The van der Waals surface area contributed by atoms with Gasteiger partial charge in [0, 0.05) is 43.1 Å². The fourth-order valence-electron chi connectivity index (χ4n) is 5.28. The Morgan fingerprint density at radius 2 is 1.55 bits per heavy atom. The van der Waals surface area contributed by atoms with E-state index < -0.39 is 0 Å². The van der Waals surface area contributed by atoms with Crippen molar-refractivity contribution in [1.82, 2.24) is 19.7 Å². The molecule has 1 aliphatic heterocycles. The Labute approximate surface area is 260 Å². The zero-order chi connectivity index (χ0) is 30.5. The van der Waals surface area contributed by atoms with Gasteiger partial charge in [-0.2, -0.15) is 0 Å². The number of para-hydroxylation sites is 3. The first-order valence-electron chi connectivity index (χ1n) is 14.3. The van der Waals surface area contributed by atoms with Gasteiger partial charge in [-0.25, -0.2) is 4.39 Å². The Morgan fingerprint density at radius 3 is 2.27 bits per heavy atom. The summed E-state index contributed by atoms with van der Waals surface area (Å²) in [6, 6.07) is 29.9. The fourth-order valence-corrected chi connectivity index (χ4v) is 6.18. The predicted octanol–water partition coefficient (Wildman–Crippen LogP) is 6.35. The van der Waals surface area contributed by atoms with E-state index in [0.717, 1.165) is 22.6 Å². The molecular weight excluding hydrogens is 577 g/mol. The Bertz CT molecular complexity index is 1750. The van der Waals surface area contributed by atoms with Crippen LogP contribution in [0.15, 0.2) is 102 Å². The molecule has 1 amide bonds. The third kappa shape index (κ3) is 6.12. The molecule has 8 nitrogen and oxygen atoms in total. The van der Waals surface area contributed by atoms with E-state index in [1.54, 1.807) is 38.1 Å². The monoisotopic (exact) mass is 609 g/mol. The van der Waals surface area contributed by atoms with Crippen LogP contribution in [0.2, 0.25) is 0 Å². The molecule has 1 aliphatic rings. The normalized spacial score (nSPS) is 13.2. The van der Waals surface area contributed by atoms with Crippen molar-refractivity contribution in [3.63, 3.8) is 0 Å². The average Bonchev–Trinajstić information content (AvgIpc) is 3.51. The molecule has 44 heavy (non-hydrogen) atoms. The van der Waals surface area contributed by atoms with Gasteiger partial charge in [-0.3, -0.25) is 9.36 Å². The molecule has 0 N–H and O–H groups in total. The molecular formula is C34H32FN5O3S. The molecule has 4 aromatic carbocycles. The molecule has 1 aromatic heterocycles. The number of rotatable bonds is 9. The minimum Gasteiger partial charge on any atom is -0.497 e. The van der Waals surface area contributed by atoms with Gasteiger partial charge in [-0.15, -0.1) is 10.2 Å². The third-order valence-electron chi connectivity index (χ3n) is 7.62. The van der Waals surface area contributed by atoms with Crippen LogP contribution in [-0.4, -0.2) is 66.0 Å². The summed E-state index contributed by atoms with van der Waals surface area (Å²) in [7, 11) is 3.28. The molecule has 0 bridgehead atoms. The molecule has 5 aromatic rings. The Kier molecular flexibility index (Phi) is 8.79. The van der Waals surface area contributed by atoms with E-state index in [-0.39, 0.29) is 11.7 Å². The van der Waals surface area contributed by atoms with Crippen molar-refractivity contribution >= 4 is 23.4 Å². The van der Waals surface area contributed by atoms with Gasteiger partial charge in [0.1, 0.15) is 17.3 Å². The van der Waals surface area contributed by atoms with Crippen molar-refractivity contribution in [2.75, 3.05) is 45.3 Å². The number of hydrogen-bond acceptors (Lipinski definition) is 7. The summed E-state index contributed by atoms with van der Waals surface area (Å²) in [5, 5.41) is 9.81. The van der Waals surface area contributed by atoms with Gasteiger partial charge >= 0.3 is 0 Å². The molecule has 224 valence electrons. The van der Waals surface area contributed by atoms with E-state index in [2.05, 4.69) is 10.2 Å². The minimum absolute atomic E-state index is 0.0174. The smallest absolute Gasteiger partial charge is 0.253 e. The van der Waals surface area contributed by atoms with Crippen molar-refractivity contribution in [2.45, 2.75) is 10.9 Å². The molecule has 0 atom stereocenters. The van der Waals surface area contributed by atoms with Gasteiger partial charge in [0.2, 0.25) is 0 Å². The number of carbonyl (C=O) groups excluding carboxylic acids is 1. The van der Waals surface area contributed by atoms with Crippen molar-refractivity contribution in [1.29, 1.82) is 0 Å². The van der Waals surface area contributed by atoms with Gasteiger partial charge in [-0.05, 0) is 54.1 Å². The lowest BCUT2D eigenvalue weighted by molar-refractivity contribution is 0.0746. The largest absolute Gasteiger partial charge is 0.497 e. The van der Waals surface area contributed by atoms with Gasteiger partial charge in [0.05, 0.1) is 25.6 Å². The van der Waals surface area contributed by atoms with Crippen molar-refractivity contribution in [3.8, 4) is 28.6 Å². The maximum absolute atomic E-state index is 14.2. The number of hydrogen-bond donors (Lipinski definition) is 0. The summed E-state index contributed by atoms with van der Waals surface area (Å²) >= 11 is 1.55. The number of carbonyl (C=O) groups is 1. The lowest BCUT2D eigenvalue weighted by Crippen LogP contribution is -2.49. The third-order valence-corrected chi connectivity index (χ3v) is 8.62. The van der Waals surface area contributed by atoms with Crippen LogP contribution in [0.4, 0.5) is 10.1 Å². The molecule has 10 heteroatoms. The Morgan fingerprint density at radius 1 is 0.818 bits per heavy atom. The number of nitrogens with zero attached hydrogens (tertiary/aromatic N) is 5. The summed E-state index contributed by atoms with van der Waals surface area (Å²) in [6.07, 6.45) is 0. The zero-order valence-electron chi connectivity index (χ0n) is 24.5. The van der Waals surface area contributed by atoms with E-state index in [1.807, 2.05) is 93.2 Å². The van der Waals surface area contributed by atoms with Gasteiger partial charge in [-0.1, -0.05) is 60.3 Å². The van der Waals surface area contributed by atoms with Gasteiger partial charge < -0.3 is 19.3 Å². The molecule has 2 heterocycles. The van der Waals surface area contributed by atoms with Crippen LogP contribution >= 0.6 is 11.8 Å². The summed E-state index contributed by atoms with van der Waals surface area (Å²) in [6.45, 7) is 2.26. The summed E-state index contributed by atoms with van der Waals surface area (Å²) in [5.41, 5.74) is 3.96. The number of ether oxygens (including phenoxy) is 2. The zero-order valence-corrected chi connectivity index (χ0v) is 25.3. The highest BCUT2D eigenvalue weighted by Gasteiger charge is 2.24. The molecule has 0 spiro atoms. The summed E-state index contributed by atoms with van der Waals surface area (Å²) in [4.78, 5) is 17.1. The van der Waals surface area contributed by atoms with Crippen LogP contribution in [0.5, 0.6) is 11.5 Å². The van der Waals surface area contributed by atoms with E-state index in [0.29, 0.717) is 59.9 Å². The number of aromatic nitrogens is 3. The number of methoxy groups -OCH3 is 2. The predicted molar refractivity (Wildman–Crippen MR) is 170 cm³/mol. The molecule has 1 saturated heterocycles. The molecule has 6 rings (SSSR count). The first-order valence-corrected chi connectivity index (χ1v) is 15.3. The summed E-state index contributed by atoms with van der Waals surface area (Å²) < 4.78 is 27.3. The number of amides is 1. The van der Waals surface area contributed by atoms with E-state index in [4.69, 9.17) is 9.47 Å². The highest BCUT2D eigenvalue weighted by molar-refractivity contribution is 7.98. The first-order chi connectivity index (χ1) is 21.6. The number of piperazine rings is 1. The first kappa shape index (κ1) is 29.3. The number of thioether (sulfide) groups is 1. The Balaban J connectivity index is 1.16. The average molecular weight is 610 g/mol. The lowest BCUT2D eigenvalue weighted by Gasteiger charge is -2.36. The van der Waals surface area contributed by atoms with Crippen LogP contribution in [0.3, 0.4) is 0 Å². The second-order valence-corrected chi connectivity index (χ2v) is 11.2. The lowest BCUT2D eigenvalue weighted by atomic mass is 10.1. The highest BCUT2D eigenvalue weighted by Crippen LogP contribution is 2.34. The molecule has 0 unspecified atom stereocenters. The second-order valence-electron chi connectivity index (χ2n) is 10.3. The van der Waals surface area contributed by atoms with E-state index in [9.17, 15) is 9.18 Å². The maximum Gasteiger partial charge on any atom is 0.253 e. The number of benzene rings is 4. The van der Waals surface area contributed by atoms with Gasteiger partial charge in [0.25, 0.3) is 5.91 Å². The Hall–Kier alpha value is -4.83. The van der Waals surface area contributed by atoms with Crippen LogP contribution in [-0.2, 0) is 5.75 Å². The molecule has 0 radical (unpaired) electrons. The maximum atomic E-state index is 14.2. The number of halogens is 1. The van der Waals surface area contributed by atoms with Crippen LogP contribution in [0.25, 0.3) is 17.1 Å². The molecule has 1 fully saturated rings. The van der Waals surface area contributed by atoms with E-state index in [1.165, 1.54) is 6.07 Å². The van der Waals surface area contributed by atoms with Crippen LogP contribution in [0.1, 0.15) is 15.9 Å². The standard InChI is InChI=1S/C34H32FN5O3S/c1-42-27-9-7-8-26(22-27)32-36-37-34(40(32)30-12-5-6-13-31(30)43-2)44-23-24-14-16-25(17-15-24)33(41)39-20-18-38(19-21-39)29-11-4-3-10-28(29)35/h3-17,22H,18-21,23H2,1-2H3. The topological polar surface area (TPSA) is 72.7 Å². The van der Waals surface area contributed by atoms with Crippen LogP contribution in [0, 0.1) is 5.82 Å². The SMILES string of the molecule is COc1cccc(-c2nnc(SCc3ccc(C(=O)N4CCN(c5ccccc5F)CC4)cc3)n2-c2ccccc2OC)c1. The van der Waals surface area contributed by atoms with E-state index >= 15 is 0 Å². The highest BCUT2D eigenvalue weighted by atomic mass is 32.2. The quantitative estimate of drug-likeness (QED) is 0.181. The minimum atomic E-state index is -0.238.